The predicted octanol–water partition coefficient (Wildman–Crippen LogP) is 2.79. The maximum absolute atomic E-state index is 11.8. The fourth-order valence-electron chi connectivity index (χ4n) is 2.80. The van der Waals surface area contributed by atoms with Gasteiger partial charge in [-0.25, -0.2) is 4.98 Å². The van der Waals surface area contributed by atoms with E-state index in [0.717, 1.165) is 12.4 Å². The molecule has 5 nitrogen and oxygen atoms in total. The van der Waals surface area contributed by atoms with Crippen LogP contribution in [-0.2, 0) is 4.74 Å². The summed E-state index contributed by atoms with van der Waals surface area (Å²) in [7, 11) is 3.47. The first kappa shape index (κ1) is 16.7. The summed E-state index contributed by atoms with van der Waals surface area (Å²) in [5, 5.41) is 3.23. The van der Waals surface area contributed by atoms with Crippen molar-refractivity contribution in [3.05, 3.63) is 23.9 Å². The maximum Gasteiger partial charge on any atom is 0.254 e. The zero-order valence-electron chi connectivity index (χ0n) is 13.8. The van der Waals surface area contributed by atoms with Crippen LogP contribution in [0.5, 0.6) is 0 Å². The van der Waals surface area contributed by atoms with E-state index in [-0.39, 0.29) is 5.91 Å². The quantitative estimate of drug-likeness (QED) is 0.821. The largest absolute Gasteiger partial charge is 0.376 e. The molecule has 1 fully saturated rings. The third kappa shape index (κ3) is 4.70. The molecule has 22 heavy (non-hydrogen) atoms. The third-order valence-electron chi connectivity index (χ3n) is 4.19. The number of carbonyl (C=O) groups excluding carboxylic acids is 1. The van der Waals surface area contributed by atoms with Crippen LogP contribution in [0, 0.1) is 5.92 Å². The summed E-state index contributed by atoms with van der Waals surface area (Å²) in [6.45, 7) is 3.70. The fraction of sp³-hybridized carbons (Fsp3) is 0.647. The van der Waals surface area contributed by atoms with Crippen LogP contribution in [-0.4, -0.2) is 49.1 Å². The zero-order valence-corrected chi connectivity index (χ0v) is 13.8. The molecule has 0 radical (unpaired) electrons. The first-order valence-electron chi connectivity index (χ1n) is 8.11. The van der Waals surface area contributed by atoms with Crippen molar-refractivity contribution in [1.29, 1.82) is 0 Å². The van der Waals surface area contributed by atoms with E-state index in [1.54, 1.807) is 31.3 Å². The number of aromatic nitrogens is 1. The molecule has 0 spiro atoms. The number of nitrogens with one attached hydrogen (secondary N) is 1. The van der Waals surface area contributed by atoms with Crippen molar-refractivity contribution in [1.82, 2.24) is 9.88 Å². The standard InChI is InChI=1S/C17H27N3O2/c1-13-6-4-5-7-15(13)22-11-10-18-16-9-8-14(12-19-16)17(21)20(2)3/h8-9,12-13,15H,4-7,10-11H2,1-3H3,(H,18,19)/t13-,15-/m1/s1. The van der Waals surface area contributed by atoms with Gasteiger partial charge >= 0.3 is 0 Å². The Morgan fingerprint density at radius 3 is 2.77 bits per heavy atom. The second-order valence-corrected chi connectivity index (χ2v) is 6.23. The van der Waals surface area contributed by atoms with Crippen molar-refractivity contribution in [3.63, 3.8) is 0 Å². The first-order chi connectivity index (χ1) is 10.6. The molecule has 0 saturated heterocycles. The number of pyridine rings is 1. The van der Waals surface area contributed by atoms with Crippen molar-refractivity contribution in [2.24, 2.45) is 5.92 Å². The second-order valence-electron chi connectivity index (χ2n) is 6.23. The van der Waals surface area contributed by atoms with Gasteiger partial charge in [-0.1, -0.05) is 19.8 Å². The Morgan fingerprint density at radius 2 is 2.14 bits per heavy atom. The minimum absolute atomic E-state index is 0.0336. The van der Waals surface area contributed by atoms with E-state index in [4.69, 9.17) is 4.74 Å². The van der Waals surface area contributed by atoms with Crippen LogP contribution in [0.15, 0.2) is 18.3 Å². The zero-order chi connectivity index (χ0) is 15.9. The van der Waals surface area contributed by atoms with Gasteiger partial charge in [0.1, 0.15) is 5.82 Å². The van der Waals surface area contributed by atoms with Crippen LogP contribution in [0.4, 0.5) is 5.82 Å². The highest BCUT2D eigenvalue weighted by Gasteiger charge is 2.21. The summed E-state index contributed by atoms with van der Waals surface area (Å²) in [5.41, 5.74) is 0.600. The minimum Gasteiger partial charge on any atom is -0.376 e. The van der Waals surface area contributed by atoms with Gasteiger partial charge in [-0.2, -0.15) is 0 Å². The highest BCUT2D eigenvalue weighted by Crippen LogP contribution is 2.26. The second kappa shape index (κ2) is 8.13. The highest BCUT2D eigenvalue weighted by molar-refractivity contribution is 5.93. The lowest BCUT2D eigenvalue weighted by Crippen LogP contribution is -2.27. The van der Waals surface area contributed by atoms with E-state index in [1.165, 1.54) is 25.7 Å². The Bertz CT molecular complexity index is 473. The normalized spacial score (nSPS) is 21.4. The Hall–Kier alpha value is -1.62. The van der Waals surface area contributed by atoms with Crippen LogP contribution >= 0.6 is 0 Å². The van der Waals surface area contributed by atoms with Crippen molar-refractivity contribution in [3.8, 4) is 0 Å². The number of ether oxygens (including phenoxy) is 1. The average molecular weight is 305 g/mol. The van der Waals surface area contributed by atoms with Crippen LogP contribution in [0.1, 0.15) is 43.0 Å². The van der Waals surface area contributed by atoms with E-state index < -0.39 is 0 Å². The SMILES string of the molecule is C[C@@H]1CCCC[C@H]1OCCNc1ccc(C(=O)N(C)C)cn1. The molecule has 1 N–H and O–H groups in total. The monoisotopic (exact) mass is 305 g/mol. The lowest BCUT2D eigenvalue weighted by molar-refractivity contribution is 0.000372. The van der Waals surface area contributed by atoms with Crippen molar-refractivity contribution in [2.45, 2.75) is 38.7 Å². The molecule has 1 aromatic heterocycles. The predicted molar refractivity (Wildman–Crippen MR) is 88.1 cm³/mol. The highest BCUT2D eigenvalue weighted by atomic mass is 16.5. The Labute approximate surface area is 133 Å². The van der Waals surface area contributed by atoms with E-state index >= 15 is 0 Å². The summed E-state index contributed by atoms with van der Waals surface area (Å²) in [5.74, 6) is 1.41. The van der Waals surface area contributed by atoms with Gasteiger partial charge in [0.15, 0.2) is 0 Å². The average Bonchev–Trinajstić information content (AvgIpc) is 2.53. The molecule has 1 aliphatic carbocycles. The number of carbonyl (C=O) groups is 1. The minimum atomic E-state index is -0.0336. The van der Waals surface area contributed by atoms with Gasteiger partial charge in [0, 0.05) is 26.8 Å². The maximum atomic E-state index is 11.8. The van der Waals surface area contributed by atoms with Gasteiger partial charge in [-0.15, -0.1) is 0 Å². The number of rotatable bonds is 6. The van der Waals surface area contributed by atoms with E-state index in [2.05, 4.69) is 17.2 Å². The van der Waals surface area contributed by atoms with Crippen molar-refractivity contribution in [2.75, 3.05) is 32.6 Å². The van der Waals surface area contributed by atoms with Gasteiger partial charge in [-0.3, -0.25) is 4.79 Å². The Kier molecular flexibility index (Phi) is 6.19. The molecular formula is C17H27N3O2. The number of amides is 1. The molecule has 2 rings (SSSR count). The van der Waals surface area contributed by atoms with Crippen molar-refractivity contribution >= 4 is 11.7 Å². The van der Waals surface area contributed by atoms with Gasteiger partial charge in [-0.05, 0) is 30.9 Å². The summed E-state index contributed by atoms with van der Waals surface area (Å²) in [6.07, 6.45) is 7.09. The number of anilines is 1. The fourth-order valence-corrected chi connectivity index (χ4v) is 2.80. The van der Waals surface area contributed by atoms with Crippen LogP contribution in [0.3, 0.4) is 0 Å². The third-order valence-corrected chi connectivity index (χ3v) is 4.19. The number of hydrogen-bond acceptors (Lipinski definition) is 4. The van der Waals surface area contributed by atoms with Gasteiger partial charge in [0.05, 0.1) is 18.3 Å². The molecule has 0 aromatic carbocycles. The molecule has 122 valence electrons. The molecule has 1 heterocycles. The number of nitrogens with zero attached hydrogens (tertiary/aromatic N) is 2. The summed E-state index contributed by atoms with van der Waals surface area (Å²) >= 11 is 0. The Balaban J connectivity index is 1.72. The molecule has 1 aromatic rings. The summed E-state index contributed by atoms with van der Waals surface area (Å²) < 4.78 is 5.96. The van der Waals surface area contributed by atoms with E-state index in [0.29, 0.717) is 24.2 Å². The summed E-state index contributed by atoms with van der Waals surface area (Å²) in [6, 6.07) is 3.63. The van der Waals surface area contributed by atoms with Crippen molar-refractivity contribution < 1.29 is 9.53 Å². The van der Waals surface area contributed by atoms with E-state index in [9.17, 15) is 4.79 Å². The van der Waals surface area contributed by atoms with Crippen LogP contribution in [0.25, 0.3) is 0 Å². The van der Waals surface area contributed by atoms with E-state index in [1.807, 2.05) is 6.07 Å². The van der Waals surface area contributed by atoms with Gasteiger partial charge in [0.2, 0.25) is 0 Å². The smallest absolute Gasteiger partial charge is 0.254 e. The first-order valence-corrected chi connectivity index (χ1v) is 8.11. The lowest BCUT2D eigenvalue weighted by Gasteiger charge is -2.28. The molecule has 1 saturated carbocycles. The van der Waals surface area contributed by atoms with Gasteiger partial charge in [0.25, 0.3) is 5.91 Å². The molecule has 5 heteroatoms. The molecule has 0 bridgehead atoms. The molecular weight excluding hydrogens is 278 g/mol. The molecule has 2 atom stereocenters. The topological polar surface area (TPSA) is 54.5 Å². The molecule has 1 aliphatic rings. The summed E-state index contributed by atoms with van der Waals surface area (Å²) in [4.78, 5) is 17.6. The molecule has 0 aliphatic heterocycles. The Morgan fingerprint density at radius 1 is 1.36 bits per heavy atom. The van der Waals surface area contributed by atoms with Crippen LogP contribution in [0.2, 0.25) is 0 Å². The van der Waals surface area contributed by atoms with Crippen LogP contribution < -0.4 is 5.32 Å². The molecule has 1 amide bonds. The molecule has 0 unspecified atom stereocenters. The number of hydrogen-bond donors (Lipinski definition) is 1. The van der Waals surface area contributed by atoms with Gasteiger partial charge < -0.3 is 15.0 Å². The lowest BCUT2D eigenvalue weighted by atomic mass is 9.88.